The van der Waals surface area contributed by atoms with Gasteiger partial charge < -0.3 is 10.6 Å². The fourth-order valence-corrected chi connectivity index (χ4v) is 5.56. The van der Waals surface area contributed by atoms with Crippen LogP contribution in [0.25, 0.3) is 0 Å². The number of nitrogens with one attached hydrogen (secondary N) is 2. The normalized spacial score (nSPS) is 12.6. The van der Waals surface area contributed by atoms with Gasteiger partial charge in [-0.3, -0.25) is 4.99 Å². The molecule has 0 aromatic carbocycles. The van der Waals surface area contributed by atoms with Crippen molar-refractivity contribution in [3.05, 3.63) is 33.1 Å². The lowest BCUT2D eigenvalue weighted by atomic mass is 10.4. The zero-order valence-corrected chi connectivity index (χ0v) is 18.6. The Bertz CT molecular complexity index is 825. The van der Waals surface area contributed by atoms with Crippen LogP contribution in [-0.4, -0.2) is 56.9 Å². The molecule has 0 radical (unpaired) electrons. The summed E-state index contributed by atoms with van der Waals surface area (Å²) in [6, 6.07) is 3.36. The Morgan fingerprint density at radius 2 is 2.11 bits per heavy atom. The molecule has 0 aliphatic rings. The number of nitrogens with zero attached hydrogens (tertiary/aromatic N) is 3. The van der Waals surface area contributed by atoms with Crippen molar-refractivity contribution in [1.29, 1.82) is 0 Å². The monoisotopic (exact) mass is 429 g/mol. The smallest absolute Gasteiger partial charge is 0.252 e. The quantitative estimate of drug-likeness (QED) is 0.472. The predicted octanol–water partition coefficient (Wildman–Crippen LogP) is 2.24. The van der Waals surface area contributed by atoms with E-state index in [4.69, 9.17) is 0 Å². The van der Waals surface area contributed by atoms with Gasteiger partial charge in [0.1, 0.15) is 4.21 Å². The van der Waals surface area contributed by atoms with Crippen molar-refractivity contribution in [2.75, 3.05) is 33.2 Å². The van der Waals surface area contributed by atoms with Crippen LogP contribution in [0.5, 0.6) is 0 Å². The van der Waals surface area contributed by atoms with Gasteiger partial charge in [-0.15, -0.1) is 22.7 Å². The third kappa shape index (κ3) is 6.27. The van der Waals surface area contributed by atoms with Crippen molar-refractivity contribution in [2.45, 2.75) is 31.4 Å². The maximum absolute atomic E-state index is 12.4. The average molecular weight is 430 g/mol. The fraction of sp³-hybridized carbons (Fsp3) is 0.529. The molecule has 0 atom stereocenters. The number of sulfonamides is 1. The maximum atomic E-state index is 12.4. The molecular weight excluding hydrogens is 402 g/mol. The third-order valence-electron chi connectivity index (χ3n) is 3.89. The largest absolute Gasteiger partial charge is 0.357 e. The minimum Gasteiger partial charge on any atom is -0.357 e. The molecule has 0 amide bonds. The summed E-state index contributed by atoms with van der Waals surface area (Å²) < 4.78 is 26.5. The summed E-state index contributed by atoms with van der Waals surface area (Å²) in [4.78, 5) is 10.3. The summed E-state index contributed by atoms with van der Waals surface area (Å²) in [5, 5.41) is 9.33. The maximum Gasteiger partial charge on any atom is 0.252 e. The molecule has 2 N–H and O–H groups in total. The van der Waals surface area contributed by atoms with Crippen LogP contribution in [-0.2, 0) is 16.4 Å². The third-order valence-corrected chi connectivity index (χ3v) is 8.26. The second-order valence-corrected chi connectivity index (χ2v) is 10.5. The van der Waals surface area contributed by atoms with E-state index in [2.05, 4.69) is 27.5 Å². The number of aromatic nitrogens is 1. The number of aliphatic imine (C=N–C) groups is 1. The van der Waals surface area contributed by atoms with E-state index in [1.54, 1.807) is 35.9 Å². The number of hydrogen-bond acceptors (Lipinski definition) is 6. The molecular formula is C17H27N5O2S3. The summed E-state index contributed by atoms with van der Waals surface area (Å²) in [5.74, 6) is 0.685. The lowest BCUT2D eigenvalue weighted by molar-refractivity contribution is 0.478. The Labute approximate surface area is 169 Å². The molecule has 0 aliphatic heterocycles. The molecule has 0 unspecified atom stereocenters. The van der Waals surface area contributed by atoms with E-state index in [1.165, 1.54) is 20.5 Å². The molecule has 10 heteroatoms. The molecule has 0 spiro atoms. The summed E-state index contributed by atoms with van der Waals surface area (Å²) in [7, 11) is -1.84. The minimum atomic E-state index is -3.43. The van der Waals surface area contributed by atoms with Crippen molar-refractivity contribution >= 4 is 38.7 Å². The highest BCUT2D eigenvalue weighted by Gasteiger charge is 2.21. The molecule has 0 fully saturated rings. The molecule has 2 aromatic heterocycles. The number of rotatable bonds is 9. The van der Waals surface area contributed by atoms with Gasteiger partial charge >= 0.3 is 0 Å². The Morgan fingerprint density at radius 3 is 2.70 bits per heavy atom. The van der Waals surface area contributed by atoms with Crippen LogP contribution in [0.1, 0.15) is 22.5 Å². The summed E-state index contributed by atoms with van der Waals surface area (Å²) in [5.41, 5.74) is 1.09. The fourth-order valence-electron chi connectivity index (χ4n) is 2.26. The second kappa shape index (κ2) is 10.2. The Balaban J connectivity index is 1.85. The van der Waals surface area contributed by atoms with Crippen molar-refractivity contribution in [1.82, 2.24) is 19.9 Å². The van der Waals surface area contributed by atoms with Gasteiger partial charge in [-0.05, 0) is 32.2 Å². The first-order chi connectivity index (χ1) is 12.8. The molecule has 2 heterocycles. The van der Waals surface area contributed by atoms with E-state index < -0.39 is 10.0 Å². The second-order valence-electron chi connectivity index (χ2n) is 5.95. The average Bonchev–Trinajstić information content (AvgIpc) is 3.26. The van der Waals surface area contributed by atoms with Crippen LogP contribution in [0.2, 0.25) is 0 Å². The Morgan fingerprint density at radius 1 is 1.33 bits per heavy atom. The minimum absolute atomic E-state index is 0.321. The van der Waals surface area contributed by atoms with E-state index in [9.17, 15) is 8.42 Å². The number of aryl methyl sites for hydroxylation is 2. The molecule has 0 saturated carbocycles. The van der Waals surface area contributed by atoms with E-state index in [0.717, 1.165) is 30.2 Å². The highest BCUT2D eigenvalue weighted by Crippen LogP contribution is 2.19. The van der Waals surface area contributed by atoms with E-state index in [1.807, 2.05) is 13.8 Å². The molecule has 27 heavy (non-hydrogen) atoms. The van der Waals surface area contributed by atoms with E-state index >= 15 is 0 Å². The van der Waals surface area contributed by atoms with Gasteiger partial charge in [-0.2, -0.15) is 4.31 Å². The first-order valence-corrected chi connectivity index (χ1v) is 11.9. The van der Waals surface area contributed by atoms with Crippen LogP contribution in [0.4, 0.5) is 0 Å². The Hall–Kier alpha value is -1.49. The summed E-state index contributed by atoms with van der Waals surface area (Å²) in [6.45, 7) is 8.27. The molecule has 0 saturated heterocycles. The zero-order chi connectivity index (χ0) is 19.9. The van der Waals surface area contributed by atoms with Crippen molar-refractivity contribution in [3.8, 4) is 0 Å². The lowest BCUT2D eigenvalue weighted by Crippen LogP contribution is -2.39. The van der Waals surface area contributed by atoms with Crippen LogP contribution in [0.15, 0.2) is 26.7 Å². The van der Waals surface area contributed by atoms with E-state index in [-0.39, 0.29) is 0 Å². The van der Waals surface area contributed by atoms with Gasteiger partial charge in [0.05, 0.1) is 17.2 Å². The standard InChI is InChI=1S/C17H27N5O2S3/c1-5-18-17(19-9-8-15-21-13(2)14(3)26-15)20-10-11-22(4)27(23,24)16-7-6-12-25-16/h6-7,12H,5,8-11H2,1-4H3,(H2,18,19,20). The van der Waals surface area contributed by atoms with Crippen LogP contribution in [0.3, 0.4) is 0 Å². The number of guanidine groups is 1. The van der Waals surface area contributed by atoms with Crippen LogP contribution in [0, 0.1) is 13.8 Å². The SMILES string of the molecule is CCNC(=NCCN(C)S(=O)(=O)c1cccs1)NCCc1nc(C)c(C)s1. The van der Waals surface area contributed by atoms with Gasteiger partial charge in [-0.1, -0.05) is 6.07 Å². The zero-order valence-electron chi connectivity index (χ0n) is 16.2. The molecule has 150 valence electrons. The van der Waals surface area contributed by atoms with E-state index in [0.29, 0.717) is 23.3 Å². The van der Waals surface area contributed by atoms with Gasteiger partial charge in [-0.25, -0.2) is 13.4 Å². The molecule has 2 aromatic rings. The Kier molecular flexibility index (Phi) is 8.21. The van der Waals surface area contributed by atoms with Gasteiger partial charge in [0.2, 0.25) is 0 Å². The highest BCUT2D eigenvalue weighted by molar-refractivity contribution is 7.91. The molecule has 2 rings (SSSR count). The van der Waals surface area contributed by atoms with Crippen molar-refractivity contribution in [3.63, 3.8) is 0 Å². The molecule has 0 bridgehead atoms. The van der Waals surface area contributed by atoms with Crippen molar-refractivity contribution in [2.24, 2.45) is 4.99 Å². The first-order valence-electron chi connectivity index (χ1n) is 8.79. The summed E-state index contributed by atoms with van der Waals surface area (Å²) >= 11 is 2.94. The molecule has 7 nitrogen and oxygen atoms in total. The molecule has 0 aliphatic carbocycles. The highest BCUT2D eigenvalue weighted by atomic mass is 32.2. The van der Waals surface area contributed by atoms with Crippen molar-refractivity contribution < 1.29 is 8.42 Å². The number of likely N-dealkylation sites (N-methyl/N-ethyl adjacent to an activating group) is 1. The number of thiazole rings is 1. The predicted molar refractivity (Wildman–Crippen MR) is 113 cm³/mol. The van der Waals surface area contributed by atoms with Crippen LogP contribution < -0.4 is 10.6 Å². The van der Waals surface area contributed by atoms with Gasteiger partial charge in [0, 0.05) is 38.0 Å². The summed E-state index contributed by atoms with van der Waals surface area (Å²) in [6.07, 6.45) is 0.830. The van der Waals surface area contributed by atoms with Gasteiger partial charge in [0.25, 0.3) is 10.0 Å². The number of hydrogen-bond donors (Lipinski definition) is 2. The number of thiophene rings is 1. The topological polar surface area (TPSA) is 86.7 Å². The van der Waals surface area contributed by atoms with Gasteiger partial charge in [0.15, 0.2) is 5.96 Å². The first kappa shape index (κ1) is 21.8. The van der Waals surface area contributed by atoms with Crippen LogP contribution >= 0.6 is 22.7 Å². The lowest BCUT2D eigenvalue weighted by Gasteiger charge is -2.15.